The van der Waals surface area contributed by atoms with Gasteiger partial charge < -0.3 is 9.88 Å². The van der Waals surface area contributed by atoms with Crippen molar-refractivity contribution in [1.29, 1.82) is 0 Å². The zero-order valence-electron chi connectivity index (χ0n) is 14.5. The largest absolute Gasteiger partial charge is 0.325 e. The van der Waals surface area contributed by atoms with Gasteiger partial charge in [0.05, 0.1) is 11.9 Å². The van der Waals surface area contributed by atoms with Crippen molar-refractivity contribution in [3.05, 3.63) is 61.1 Å². The molecule has 2 aromatic carbocycles. The van der Waals surface area contributed by atoms with E-state index in [0.29, 0.717) is 16.7 Å². The Labute approximate surface area is 159 Å². The van der Waals surface area contributed by atoms with Crippen molar-refractivity contribution in [3.63, 3.8) is 0 Å². The summed E-state index contributed by atoms with van der Waals surface area (Å²) in [6, 6.07) is 13.8. The Morgan fingerprint density at radius 1 is 1.11 bits per heavy atom. The third-order valence-electron chi connectivity index (χ3n) is 4.02. The third kappa shape index (κ3) is 3.65. The first-order valence-corrected chi connectivity index (χ1v) is 9.27. The summed E-state index contributed by atoms with van der Waals surface area (Å²) in [6.45, 7) is 0. The summed E-state index contributed by atoms with van der Waals surface area (Å²) >= 11 is 1.32. The number of rotatable bonds is 5. The van der Waals surface area contributed by atoms with Crippen LogP contribution in [-0.4, -0.2) is 36.4 Å². The lowest BCUT2D eigenvalue weighted by Gasteiger charge is -2.08. The maximum atomic E-state index is 12.4. The predicted octanol–water partition coefficient (Wildman–Crippen LogP) is 3.16. The second kappa shape index (κ2) is 7.55. The highest BCUT2D eigenvalue weighted by Gasteiger charge is 2.14. The summed E-state index contributed by atoms with van der Waals surface area (Å²) in [6.07, 6.45) is 4.84. The van der Waals surface area contributed by atoms with E-state index in [1.54, 1.807) is 23.2 Å². The molecule has 8 heteroatoms. The van der Waals surface area contributed by atoms with Gasteiger partial charge >= 0.3 is 0 Å². The molecule has 1 N–H and O–H groups in total. The number of nitrogens with one attached hydrogen (secondary N) is 1. The lowest BCUT2D eigenvalue weighted by atomic mass is 10.1. The van der Waals surface area contributed by atoms with Gasteiger partial charge in [0.2, 0.25) is 5.91 Å². The fourth-order valence-electron chi connectivity index (χ4n) is 2.73. The molecule has 27 heavy (non-hydrogen) atoms. The molecule has 134 valence electrons. The summed E-state index contributed by atoms with van der Waals surface area (Å²) in [5.41, 5.74) is 1.44. The van der Waals surface area contributed by atoms with Crippen molar-refractivity contribution >= 4 is 34.1 Å². The zero-order valence-corrected chi connectivity index (χ0v) is 15.3. The van der Waals surface area contributed by atoms with Gasteiger partial charge in [-0.05, 0) is 11.5 Å². The van der Waals surface area contributed by atoms with E-state index in [4.69, 9.17) is 0 Å². The van der Waals surface area contributed by atoms with Crippen molar-refractivity contribution in [2.45, 2.75) is 5.16 Å². The van der Waals surface area contributed by atoms with Crippen LogP contribution in [0.25, 0.3) is 22.3 Å². The van der Waals surface area contributed by atoms with Gasteiger partial charge in [0.25, 0.3) is 0 Å². The summed E-state index contributed by atoms with van der Waals surface area (Å²) in [7, 11) is 1.84. The van der Waals surface area contributed by atoms with Gasteiger partial charge in [0.15, 0.2) is 11.0 Å². The molecule has 0 atom stereocenters. The standard InChI is InChI=1S/C19H16N6OS/c1-25-18(16-11-20-9-10-21-16)23-24-19(25)27-12-17(26)22-15-8-4-6-13-5-2-3-7-14(13)15/h2-11H,12H2,1H3,(H,22,26). The van der Waals surface area contributed by atoms with Gasteiger partial charge in [-0.1, -0.05) is 48.2 Å². The molecule has 0 saturated heterocycles. The van der Waals surface area contributed by atoms with Crippen LogP contribution in [0.3, 0.4) is 0 Å². The van der Waals surface area contributed by atoms with Crippen LogP contribution in [0.1, 0.15) is 0 Å². The van der Waals surface area contributed by atoms with Gasteiger partial charge in [0, 0.05) is 30.5 Å². The average molecular weight is 376 g/mol. The quantitative estimate of drug-likeness (QED) is 0.539. The molecule has 0 aliphatic rings. The fourth-order valence-corrected chi connectivity index (χ4v) is 3.44. The highest BCUT2D eigenvalue weighted by atomic mass is 32.2. The lowest BCUT2D eigenvalue weighted by molar-refractivity contribution is -0.113. The molecule has 0 radical (unpaired) electrons. The first-order chi connectivity index (χ1) is 13.2. The van der Waals surface area contributed by atoms with E-state index >= 15 is 0 Å². The Balaban J connectivity index is 1.45. The highest BCUT2D eigenvalue weighted by molar-refractivity contribution is 7.99. The van der Waals surface area contributed by atoms with Crippen LogP contribution >= 0.6 is 11.8 Å². The molecule has 7 nitrogen and oxygen atoms in total. The molecule has 2 heterocycles. The van der Waals surface area contributed by atoms with Gasteiger partial charge in [-0.15, -0.1) is 10.2 Å². The Morgan fingerprint density at radius 2 is 1.96 bits per heavy atom. The number of nitrogens with zero attached hydrogens (tertiary/aromatic N) is 5. The van der Waals surface area contributed by atoms with E-state index in [0.717, 1.165) is 16.5 Å². The minimum absolute atomic E-state index is 0.0968. The average Bonchev–Trinajstić information content (AvgIpc) is 3.08. The van der Waals surface area contributed by atoms with Crippen LogP contribution in [0.5, 0.6) is 0 Å². The lowest BCUT2D eigenvalue weighted by Crippen LogP contribution is -2.14. The van der Waals surface area contributed by atoms with Gasteiger partial charge in [-0.25, -0.2) is 4.98 Å². The van der Waals surface area contributed by atoms with Crippen molar-refractivity contribution < 1.29 is 4.79 Å². The van der Waals surface area contributed by atoms with Gasteiger partial charge in [-0.3, -0.25) is 9.78 Å². The SMILES string of the molecule is Cn1c(SCC(=O)Nc2cccc3ccccc23)nnc1-c1cnccn1. The van der Waals surface area contributed by atoms with E-state index in [-0.39, 0.29) is 11.7 Å². The maximum Gasteiger partial charge on any atom is 0.234 e. The van der Waals surface area contributed by atoms with Crippen LogP contribution in [0.2, 0.25) is 0 Å². The van der Waals surface area contributed by atoms with E-state index in [1.165, 1.54) is 11.8 Å². The number of carbonyl (C=O) groups excluding carboxylic acids is 1. The number of aromatic nitrogens is 5. The van der Waals surface area contributed by atoms with E-state index in [1.807, 2.05) is 49.5 Å². The first kappa shape index (κ1) is 17.2. The minimum Gasteiger partial charge on any atom is -0.325 e. The highest BCUT2D eigenvalue weighted by Crippen LogP contribution is 2.24. The van der Waals surface area contributed by atoms with Crippen LogP contribution in [0, 0.1) is 0 Å². The summed E-state index contributed by atoms with van der Waals surface area (Å²) < 4.78 is 1.81. The number of amides is 1. The predicted molar refractivity (Wildman–Crippen MR) is 105 cm³/mol. The molecule has 2 aromatic heterocycles. The Kier molecular flexibility index (Phi) is 4.80. The van der Waals surface area contributed by atoms with Crippen molar-refractivity contribution in [2.24, 2.45) is 7.05 Å². The molecular weight excluding hydrogens is 360 g/mol. The number of anilines is 1. The van der Waals surface area contributed by atoms with Gasteiger partial charge in [0.1, 0.15) is 5.69 Å². The topological polar surface area (TPSA) is 85.6 Å². The molecule has 0 spiro atoms. The minimum atomic E-state index is -0.0968. The number of fused-ring (bicyclic) bond motifs is 1. The molecule has 0 fully saturated rings. The summed E-state index contributed by atoms with van der Waals surface area (Å²) in [4.78, 5) is 20.7. The normalized spacial score (nSPS) is 10.9. The Hall–Kier alpha value is -3.26. The molecule has 0 aliphatic carbocycles. The summed E-state index contributed by atoms with van der Waals surface area (Å²) in [5, 5.41) is 14.0. The molecule has 4 rings (SSSR count). The van der Waals surface area contributed by atoms with Crippen molar-refractivity contribution in [1.82, 2.24) is 24.7 Å². The van der Waals surface area contributed by atoms with Crippen LogP contribution in [0.4, 0.5) is 5.69 Å². The monoisotopic (exact) mass is 376 g/mol. The van der Waals surface area contributed by atoms with E-state index < -0.39 is 0 Å². The van der Waals surface area contributed by atoms with E-state index in [9.17, 15) is 4.79 Å². The number of hydrogen-bond donors (Lipinski definition) is 1. The Bertz CT molecular complexity index is 1090. The fraction of sp³-hybridized carbons (Fsp3) is 0.105. The van der Waals surface area contributed by atoms with Crippen LogP contribution < -0.4 is 5.32 Å². The number of thioether (sulfide) groups is 1. The molecule has 1 amide bonds. The molecular formula is C19H16N6OS. The van der Waals surface area contributed by atoms with E-state index in [2.05, 4.69) is 25.5 Å². The molecule has 0 unspecified atom stereocenters. The van der Waals surface area contributed by atoms with Crippen molar-refractivity contribution in [2.75, 3.05) is 11.1 Å². The third-order valence-corrected chi connectivity index (χ3v) is 5.04. The first-order valence-electron chi connectivity index (χ1n) is 8.28. The van der Waals surface area contributed by atoms with Crippen LogP contribution in [-0.2, 0) is 11.8 Å². The molecule has 0 aliphatic heterocycles. The van der Waals surface area contributed by atoms with Crippen LogP contribution in [0.15, 0.2) is 66.2 Å². The molecule has 0 bridgehead atoms. The number of carbonyl (C=O) groups is 1. The molecule has 4 aromatic rings. The number of benzene rings is 2. The van der Waals surface area contributed by atoms with Crippen molar-refractivity contribution in [3.8, 4) is 11.5 Å². The Morgan fingerprint density at radius 3 is 2.81 bits per heavy atom. The maximum absolute atomic E-state index is 12.4. The zero-order chi connectivity index (χ0) is 18.6. The smallest absolute Gasteiger partial charge is 0.234 e. The number of hydrogen-bond acceptors (Lipinski definition) is 6. The summed E-state index contributed by atoms with van der Waals surface area (Å²) in [5.74, 6) is 0.746. The van der Waals surface area contributed by atoms with Gasteiger partial charge in [-0.2, -0.15) is 0 Å². The second-order valence-corrected chi connectivity index (χ2v) is 6.76. The second-order valence-electron chi connectivity index (χ2n) is 5.82. The molecule has 0 saturated carbocycles.